The van der Waals surface area contributed by atoms with E-state index in [9.17, 15) is 14.4 Å². The maximum atomic E-state index is 13.3. The van der Waals surface area contributed by atoms with Crippen LogP contribution in [0.25, 0.3) is 10.8 Å². The zero-order chi connectivity index (χ0) is 25.8. The molecule has 0 saturated carbocycles. The summed E-state index contributed by atoms with van der Waals surface area (Å²) in [7, 11) is 0. The summed E-state index contributed by atoms with van der Waals surface area (Å²) in [6.45, 7) is 7.67. The van der Waals surface area contributed by atoms with Gasteiger partial charge in [-0.25, -0.2) is 0 Å². The van der Waals surface area contributed by atoms with Crippen molar-refractivity contribution in [1.29, 1.82) is 0 Å². The predicted molar refractivity (Wildman–Crippen MR) is 146 cm³/mol. The van der Waals surface area contributed by atoms with Crippen molar-refractivity contribution in [2.45, 2.75) is 46.7 Å². The standard InChI is InChI=1S/C28H33N3O5.ClH/c1-4-5-13-36-25-23-15-19(10-11-22(23)28(34)31(17-18(2)3)24(25)16-29)35-14-12-30-26(32)20-8-6-7-9-21(20)27(30)33;/h6-11,15,18H,4-5,12-14,16-17,29H2,1-3H3;1H. The van der Waals surface area contributed by atoms with Gasteiger partial charge in [0.1, 0.15) is 18.1 Å². The number of hydrogen-bond donors (Lipinski definition) is 1. The monoisotopic (exact) mass is 527 g/mol. The summed E-state index contributed by atoms with van der Waals surface area (Å²) in [5.74, 6) is 0.749. The summed E-state index contributed by atoms with van der Waals surface area (Å²) in [4.78, 5) is 39.7. The van der Waals surface area contributed by atoms with Gasteiger partial charge >= 0.3 is 0 Å². The Kier molecular flexibility index (Phi) is 9.34. The number of carbonyl (C=O) groups excluding carboxylic acids is 2. The second kappa shape index (κ2) is 12.3. The number of aromatic nitrogens is 1. The predicted octanol–water partition coefficient (Wildman–Crippen LogP) is 4.39. The van der Waals surface area contributed by atoms with Gasteiger partial charge in [-0.1, -0.05) is 39.3 Å². The molecule has 1 aromatic heterocycles. The van der Waals surface area contributed by atoms with Crippen LogP contribution in [-0.2, 0) is 13.1 Å². The molecule has 8 nitrogen and oxygen atoms in total. The quantitative estimate of drug-likeness (QED) is 0.293. The van der Waals surface area contributed by atoms with Gasteiger partial charge in [-0.3, -0.25) is 19.3 Å². The Morgan fingerprint density at radius 1 is 0.919 bits per heavy atom. The first-order valence-electron chi connectivity index (χ1n) is 12.5. The van der Waals surface area contributed by atoms with E-state index in [-0.39, 0.29) is 55.4 Å². The molecule has 0 unspecified atom stereocenters. The molecule has 2 aromatic carbocycles. The second-order valence-electron chi connectivity index (χ2n) is 9.35. The van der Waals surface area contributed by atoms with Crippen molar-refractivity contribution in [2.75, 3.05) is 19.8 Å². The van der Waals surface area contributed by atoms with Gasteiger partial charge in [0, 0.05) is 18.5 Å². The molecule has 0 aliphatic carbocycles. The van der Waals surface area contributed by atoms with Crippen LogP contribution in [0.1, 0.15) is 60.0 Å². The minimum Gasteiger partial charge on any atom is -0.492 e. The average molecular weight is 528 g/mol. The molecule has 9 heteroatoms. The number of rotatable bonds is 11. The molecule has 0 radical (unpaired) electrons. The van der Waals surface area contributed by atoms with Crippen molar-refractivity contribution < 1.29 is 19.1 Å². The van der Waals surface area contributed by atoms with Gasteiger partial charge in [-0.05, 0) is 42.7 Å². The smallest absolute Gasteiger partial charge is 0.261 e. The van der Waals surface area contributed by atoms with E-state index < -0.39 is 0 Å². The maximum absolute atomic E-state index is 13.3. The van der Waals surface area contributed by atoms with Crippen LogP contribution in [0, 0.1) is 5.92 Å². The molecule has 2 amide bonds. The fourth-order valence-electron chi connectivity index (χ4n) is 4.47. The van der Waals surface area contributed by atoms with Crippen molar-refractivity contribution >= 4 is 35.0 Å². The van der Waals surface area contributed by atoms with Crippen molar-refractivity contribution in [1.82, 2.24) is 9.47 Å². The van der Waals surface area contributed by atoms with Gasteiger partial charge in [-0.2, -0.15) is 0 Å². The largest absolute Gasteiger partial charge is 0.492 e. The van der Waals surface area contributed by atoms with Crippen LogP contribution in [-0.4, -0.2) is 41.0 Å². The topological polar surface area (TPSA) is 104 Å². The highest BCUT2D eigenvalue weighted by molar-refractivity contribution is 6.21. The van der Waals surface area contributed by atoms with E-state index in [1.54, 1.807) is 47.0 Å². The summed E-state index contributed by atoms with van der Waals surface area (Å²) >= 11 is 0. The number of amides is 2. The molecule has 0 bridgehead atoms. The second-order valence-corrected chi connectivity index (χ2v) is 9.35. The molecule has 0 fully saturated rings. The highest BCUT2D eigenvalue weighted by atomic mass is 35.5. The zero-order valence-electron chi connectivity index (χ0n) is 21.5. The molecule has 2 N–H and O–H groups in total. The number of nitrogens with zero attached hydrogens (tertiary/aromatic N) is 2. The first kappa shape index (κ1) is 28.2. The summed E-state index contributed by atoms with van der Waals surface area (Å²) < 4.78 is 13.8. The molecule has 0 atom stereocenters. The number of unbranched alkanes of at least 4 members (excludes halogenated alkanes) is 1. The minimum absolute atomic E-state index is 0. The van der Waals surface area contributed by atoms with E-state index in [4.69, 9.17) is 15.2 Å². The maximum Gasteiger partial charge on any atom is 0.261 e. The first-order chi connectivity index (χ1) is 17.4. The van der Waals surface area contributed by atoms with E-state index in [0.717, 1.165) is 12.8 Å². The Morgan fingerprint density at radius 3 is 2.19 bits per heavy atom. The summed E-state index contributed by atoms with van der Waals surface area (Å²) in [6.07, 6.45) is 1.86. The normalized spacial score (nSPS) is 12.7. The number of hydrogen-bond acceptors (Lipinski definition) is 6. The van der Waals surface area contributed by atoms with Crippen molar-refractivity contribution in [2.24, 2.45) is 11.7 Å². The molecule has 198 valence electrons. The van der Waals surface area contributed by atoms with Crippen LogP contribution in [0.5, 0.6) is 11.5 Å². The number of imide groups is 1. The number of nitrogens with two attached hydrogens (primary N) is 1. The summed E-state index contributed by atoms with van der Waals surface area (Å²) in [5, 5.41) is 1.18. The third kappa shape index (κ3) is 5.65. The molecule has 3 aromatic rings. The van der Waals surface area contributed by atoms with Crippen molar-refractivity contribution in [3.8, 4) is 11.5 Å². The third-order valence-electron chi connectivity index (χ3n) is 6.25. The highest BCUT2D eigenvalue weighted by Crippen LogP contribution is 2.32. The Balaban J connectivity index is 0.00000380. The number of pyridine rings is 1. The van der Waals surface area contributed by atoms with Gasteiger partial charge in [-0.15, -0.1) is 12.4 Å². The van der Waals surface area contributed by atoms with E-state index in [1.165, 1.54) is 4.90 Å². The van der Waals surface area contributed by atoms with Gasteiger partial charge in [0.15, 0.2) is 0 Å². The number of benzene rings is 2. The Morgan fingerprint density at radius 2 is 1.59 bits per heavy atom. The molecule has 1 aliphatic rings. The molecule has 37 heavy (non-hydrogen) atoms. The van der Waals surface area contributed by atoms with E-state index >= 15 is 0 Å². The number of carbonyl (C=O) groups is 2. The van der Waals surface area contributed by atoms with Crippen LogP contribution < -0.4 is 20.8 Å². The average Bonchev–Trinajstić information content (AvgIpc) is 3.11. The van der Waals surface area contributed by atoms with Crippen LogP contribution in [0.3, 0.4) is 0 Å². The Bertz CT molecular complexity index is 1320. The SMILES string of the molecule is CCCCOc1c(CN)n(CC(C)C)c(=O)c2ccc(OCCN3C(=O)c4ccccc4C3=O)cc12.Cl. The minimum atomic E-state index is -0.317. The Hall–Kier alpha value is -3.36. The number of halogens is 1. The van der Waals surface area contributed by atoms with E-state index in [0.29, 0.717) is 52.2 Å². The molecule has 0 spiro atoms. The van der Waals surface area contributed by atoms with Crippen LogP contribution >= 0.6 is 12.4 Å². The van der Waals surface area contributed by atoms with Crippen molar-refractivity contribution in [3.05, 3.63) is 69.6 Å². The van der Waals surface area contributed by atoms with Crippen LogP contribution in [0.2, 0.25) is 0 Å². The highest BCUT2D eigenvalue weighted by Gasteiger charge is 2.34. The first-order valence-corrected chi connectivity index (χ1v) is 12.5. The van der Waals surface area contributed by atoms with Gasteiger partial charge in [0.05, 0.1) is 35.4 Å². The zero-order valence-corrected chi connectivity index (χ0v) is 22.3. The van der Waals surface area contributed by atoms with E-state index in [1.807, 2.05) is 0 Å². The number of fused-ring (bicyclic) bond motifs is 2. The third-order valence-corrected chi connectivity index (χ3v) is 6.25. The molecule has 1 aliphatic heterocycles. The lowest BCUT2D eigenvalue weighted by atomic mass is 10.1. The number of ether oxygens (including phenoxy) is 2. The lowest BCUT2D eigenvalue weighted by molar-refractivity contribution is 0.0631. The summed E-state index contributed by atoms with van der Waals surface area (Å²) in [6, 6.07) is 12.0. The van der Waals surface area contributed by atoms with Crippen LogP contribution in [0.4, 0.5) is 0 Å². The Labute approximate surface area is 222 Å². The van der Waals surface area contributed by atoms with Gasteiger partial charge in [0.25, 0.3) is 17.4 Å². The van der Waals surface area contributed by atoms with Crippen LogP contribution in [0.15, 0.2) is 47.3 Å². The lowest BCUT2D eigenvalue weighted by Crippen LogP contribution is -2.33. The molecule has 2 heterocycles. The molecular formula is C28H34ClN3O5. The summed E-state index contributed by atoms with van der Waals surface area (Å²) in [5.41, 5.74) is 7.48. The molecule has 4 rings (SSSR count). The van der Waals surface area contributed by atoms with Crippen molar-refractivity contribution in [3.63, 3.8) is 0 Å². The van der Waals surface area contributed by atoms with Gasteiger partial charge in [0.2, 0.25) is 0 Å². The fraction of sp³-hybridized carbons (Fsp3) is 0.393. The molecule has 0 saturated heterocycles. The lowest BCUT2D eigenvalue weighted by Gasteiger charge is -2.21. The molecular weight excluding hydrogens is 494 g/mol. The fourth-order valence-corrected chi connectivity index (χ4v) is 4.47. The van der Waals surface area contributed by atoms with Gasteiger partial charge < -0.3 is 19.8 Å². The van der Waals surface area contributed by atoms with E-state index in [2.05, 4.69) is 20.8 Å².